The fourth-order valence-corrected chi connectivity index (χ4v) is 3.26. The number of benzene rings is 1. The second-order valence-corrected chi connectivity index (χ2v) is 6.77. The van der Waals surface area contributed by atoms with Gasteiger partial charge in [-0.15, -0.1) is 0 Å². The van der Waals surface area contributed by atoms with Crippen molar-refractivity contribution in [2.45, 2.75) is 31.1 Å². The quantitative estimate of drug-likeness (QED) is 0.558. The van der Waals surface area contributed by atoms with Crippen LogP contribution in [-0.2, 0) is 17.6 Å². The summed E-state index contributed by atoms with van der Waals surface area (Å²) in [5.41, 5.74) is 7.69. The van der Waals surface area contributed by atoms with Crippen LogP contribution in [0.15, 0.2) is 42.6 Å². The number of amides is 1. The number of β-amino-alcohol motifs (C(OH)–C–C–N with tert-alkyl or cyclic N) is 1. The maximum atomic E-state index is 12.2. The number of nitrogens with one attached hydrogen (secondary N) is 2. The fourth-order valence-electron chi connectivity index (χ4n) is 3.26. The van der Waals surface area contributed by atoms with E-state index in [1.165, 1.54) is 0 Å². The Labute approximate surface area is 164 Å². The van der Waals surface area contributed by atoms with Crippen LogP contribution in [0.3, 0.4) is 0 Å². The first-order valence-electron chi connectivity index (χ1n) is 9.24. The summed E-state index contributed by atoms with van der Waals surface area (Å²) in [5, 5.41) is 16.1. The smallest absolute Gasteiger partial charge is 0.407 e. The number of ether oxygens (including phenoxy) is 2. The Morgan fingerprint density at radius 1 is 1.32 bits per heavy atom. The molecule has 3 rings (SSSR count). The zero-order chi connectivity index (χ0) is 19.9. The second kappa shape index (κ2) is 9.38. The minimum Gasteiger partial charge on any atom is -0.497 e. The Balaban J connectivity index is 1.49. The standard InChI is InChI=1S/C20H26N4O4/c1-27-15-4-2-13(3-5-15)10-16-19(17(25)12-24-16)28-20(26)23-9-7-14-6-8-22-18(21)11-14/h2-6,8,11,16-17,19,24-25H,7,9-10,12H2,1H3,(H2,21,22)(H,23,26)/t16-,17+,19+/m1/s1. The third-order valence-electron chi connectivity index (χ3n) is 4.75. The Morgan fingerprint density at radius 3 is 2.82 bits per heavy atom. The number of aliphatic hydroxyl groups is 1. The van der Waals surface area contributed by atoms with Gasteiger partial charge in [0.25, 0.3) is 0 Å². The molecule has 2 aromatic rings. The Hall–Kier alpha value is -2.84. The molecule has 0 unspecified atom stereocenters. The Kier molecular flexibility index (Phi) is 6.67. The summed E-state index contributed by atoms with van der Waals surface area (Å²) in [6.45, 7) is 0.788. The van der Waals surface area contributed by atoms with Crippen molar-refractivity contribution >= 4 is 11.9 Å². The molecule has 5 N–H and O–H groups in total. The molecule has 3 atom stereocenters. The largest absolute Gasteiger partial charge is 0.497 e. The number of carbonyl (C=O) groups is 1. The molecule has 0 aliphatic carbocycles. The molecule has 0 spiro atoms. The molecule has 28 heavy (non-hydrogen) atoms. The number of aliphatic hydroxyl groups excluding tert-OH is 1. The molecule has 1 aliphatic heterocycles. The van der Waals surface area contributed by atoms with Crippen LogP contribution in [0.5, 0.6) is 5.75 Å². The summed E-state index contributed by atoms with van der Waals surface area (Å²) in [7, 11) is 1.62. The monoisotopic (exact) mass is 386 g/mol. The van der Waals surface area contributed by atoms with Crippen LogP contribution >= 0.6 is 0 Å². The molecule has 1 saturated heterocycles. The molecule has 8 heteroatoms. The highest BCUT2D eigenvalue weighted by Crippen LogP contribution is 2.19. The average molecular weight is 386 g/mol. The molecule has 1 fully saturated rings. The van der Waals surface area contributed by atoms with Gasteiger partial charge in [0.1, 0.15) is 23.8 Å². The molecular weight excluding hydrogens is 360 g/mol. The van der Waals surface area contributed by atoms with Crippen molar-refractivity contribution in [3.05, 3.63) is 53.7 Å². The van der Waals surface area contributed by atoms with E-state index in [2.05, 4.69) is 15.6 Å². The molecule has 2 heterocycles. The predicted molar refractivity (Wildman–Crippen MR) is 105 cm³/mol. The number of methoxy groups -OCH3 is 1. The van der Waals surface area contributed by atoms with Gasteiger partial charge in [0.2, 0.25) is 0 Å². The number of anilines is 1. The van der Waals surface area contributed by atoms with E-state index in [-0.39, 0.29) is 6.04 Å². The van der Waals surface area contributed by atoms with E-state index in [0.717, 1.165) is 16.9 Å². The van der Waals surface area contributed by atoms with Crippen LogP contribution in [-0.4, -0.2) is 54.6 Å². The zero-order valence-electron chi connectivity index (χ0n) is 15.8. The normalized spacial score (nSPS) is 21.3. The van der Waals surface area contributed by atoms with Gasteiger partial charge in [0.05, 0.1) is 13.2 Å². The molecule has 1 aromatic carbocycles. The van der Waals surface area contributed by atoms with Gasteiger partial charge in [-0.3, -0.25) is 0 Å². The molecular formula is C20H26N4O4. The van der Waals surface area contributed by atoms with Gasteiger partial charge in [0, 0.05) is 19.3 Å². The topological polar surface area (TPSA) is 119 Å². The number of nitrogen functional groups attached to an aromatic ring is 1. The number of pyridine rings is 1. The predicted octanol–water partition coefficient (Wildman–Crippen LogP) is 0.885. The van der Waals surface area contributed by atoms with Gasteiger partial charge in [-0.25, -0.2) is 9.78 Å². The number of rotatable bonds is 7. The molecule has 0 radical (unpaired) electrons. The lowest BCUT2D eigenvalue weighted by Gasteiger charge is -2.22. The number of hydrogen-bond donors (Lipinski definition) is 4. The third-order valence-corrected chi connectivity index (χ3v) is 4.75. The lowest BCUT2D eigenvalue weighted by molar-refractivity contribution is 0.0191. The van der Waals surface area contributed by atoms with E-state index < -0.39 is 18.3 Å². The van der Waals surface area contributed by atoms with Crippen LogP contribution in [0.4, 0.5) is 10.6 Å². The summed E-state index contributed by atoms with van der Waals surface area (Å²) in [6.07, 6.45) is 0.979. The third kappa shape index (κ3) is 5.34. The second-order valence-electron chi connectivity index (χ2n) is 6.77. The van der Waals surface area contributed by atoms with Gasteiger partial charge in [-0.1, -0.05) is 12.1 Å². The molecule has 8 nitrogen and oxygen atoms in total. The highest BCUT2D eigenvalue weighted by Gasteiger charge is 2.37. The zero-order valence-corrected chi connectivity index (χ0v) is 15.8. The van der Waals surface area contributed by atoms with E-state index >= 15 is 0 Å². The van der Waals surface area contributed by atoms with Gasteiger partial charge in [0.15, 0.2) is 0 Å². The summed E-state index contributed by atoms with van der Waals surface area (Å²) in [5.74, 6) is 1.23. The van der Waals surface area contributed by atoms with Crippen LogP contribution in [0.2, 0.25) is 0 Å². The molecule has 150 valence electrons. The van der Waals surface area contributed by atoms with Gasteiger partial charge in [-0.2, -0.15) is 0 Å². The highest BCUT2D eigenvalue weighted by molar-refractivity contribution is 5.67. The van der Waals surface area contributed by atoms with E-state index in [1.807, 2.05) is 30.3 Å². The number of alkyl carbamates (subject to hydrolysis) is 1. The first-order valence-corrected chi connectivity index (χ1v) is 9.24. The Morgan fingerprint density at radius 2 is 2.11 bits per heavy atom. The first kappa shape index (κ1) is 19.9. The minimum atomic E-state index is -0.742. The maximum Gasteiger partial charge on any atom is 0.407 e. The molecule has 1 aromatic heterocycles. The van der Waals surface area contributed by atoms with Crippen LogP contribution in [0.1, 0.15) is 11.1 Å². The van der Waals surface area contributed by atoms with Crippen LogP contribution in [0, 0.1) is 0 Å². The summed E-state index contributed by atoms with van der Waals surface area (Å²) in [4.78, 5) is 16.1. The molecule has 0 saturated carbocycles. The van der Waals surface area contributed by atoms with Gasteiger partial charge < -0.3 is 30.9 Å². The summed E-state index contributed by atoms with van der Waals surface area (Å²) in [6, 6.07) is 11.1. The highest BCUT2D eigenvalue weighted by atomic mass is 16.6. The summed E-state index contributed by atoms with van der Waals surface area (Å²) >= 11 is 0. The minimum absolute atomic E-state index is 0.158. The van der Waals surface area contributed by atoms with E-state index in [4.69, 9.17) is 15.2 Å². The lowest BCUT2D eigenvalue weighted by Crippen LogP contribution is -2.41. The van der Waals surface area contributed by atoms with Crippen molar-refractivity contribution < 1.29 is 19.4 Å². The Bertz CT molecular complexity index is 784. The van der Waals surface area contributed by atoms with E-state index in [1.54, 1.807) is 19.4 Å². The first-order chi connectivity index (χ1) is 13.5. The molecule has 1 aliphatic rings. The fraction of sp³-hybridized carbons (Fsp3) is 0.400. The van der Waals surface area contributed by atoms with E-state index in [9.17, 15) is 9.90 Å². The van der Waals surface area contributed by atoms with Crippen molar-refractivity contribution in [2.24, 2.45) is 0 Å². The summed E-state index contributed by atoms with van der Waals surface area (Å²) < 4.78 is 10.7. The molecule has 1 amide bonds. The maximum absolute atomic E-state index is 12.2. The van der Waals surface area contributed by atoms with Gasteiger partial charge >= 0.3 is 6.09 Å². The lowest BCUT2D eigenvalue weighted by atomic mass is 10.0. The van der Waals surface area contributed by atoms with Crippen molar-refractivity contribution in [3.63, 3.8) is 0 Å². The number of aromatic nitrogens is 1. The van der Waals surface area contributed by atoms with Gasteiger partial charge in [-0.05, 0) is 48.2 Å². The number of hydrogen-bond acceptors (Lipinski definition) is 7. The van der Waals surface area contributed by atoms with Crippen molar-refractivity contribution in [1.82, 2.24) is 15.6 Å². The van der Waals surface area contributed by atoms with E-state index in [0.29, 0.717) is 31.7 Å². The van der Waals surface area contributed by atoms with Crippen molar-refractivity contribution in [1.29, 1.82) is 0 Å². The van der Waals surface area contributed by atoms with Crippen molar-refractivity contribution in [3.8, 4) is 5.75 Å². The molecule has 0 bridgehead atoms. The van der Waals surface area contributed by atoms with Crippen LogP contribution in [0.25, 0.3) is 0 Å². The number of carbonyl (C=O) groups excluding carboxylic acids is 1. The average Bonchev–Trinajstić information content (AvgIpc) is 3.02. The number of nitrogens with two attached hydrogens (primary N) is 1. The van der Waals surface area contributed by atoms with Crippen molar-refractivity contribution in [2.75, 3.05) is 25.9 Å². The van der Waals surface area contributed by atoms with Crippen LogP contribution < -0.4 is 21.1 Å². The SMILES string of the molecule is COc1ccc(C[C@H]2NC[C@H](O)[C@H]2OC(=O)NCCc2ccnc(N)c2)cc1. The number of nitrogens with zero attached hydrogens (tertiary/aromatic N) is 1.